The maximum Gasteiger partial charge on any atom is 0.137 e. The molecule has 0 fully saturated rings. The van der Waals surface area contributed by atoms with E-state index < -0.39 is 0 Å². The lowest BCUT2D eigenvalue weighted by molar-refractivity contribution is -0.118. The molecule has 0 saturated heterocycles. The van der Waals surface area contributed by atoms with E-state index in [9.17, 15) is 4.79 Å². The van der Waals surface area contributed by atoms with Crippen molar-refractivity contribution in [3.05, 3.63) is 29.8 Å². The van der Waals surface area contributed by atoms with Crippen molar-refractivity contribution in [1.29, 1.82) is 0 Å². The summed E-state index contributed by atoms with van der Waals surface area (Å²) in [4.78, 5) is 11.6. The Hall–Kier alpha value is -1.35. The first-order valence-corrected chi connectivity index (χ1v) is 5.40. The molecule has 88 valence electrons. The summed E-state index contributed by atoms with van der Waals surface area (Å²) in [6.45, 7) is 0.637. The minimum absolute atomic E-state index is 0.224. The summed E-state index contributed by atoms with van der Waals surface area (Å²) in [5.74, 6) is 1.00. The Morgan fingerprint density at radius 3 is 2.69 bits per heavy atom. The average molecular weight is 222 g/mol. The van der Waals surface area contributed by atoms with Gasteiger partial charge in [0.15, 0.2) is 0 Å². The number of methoxy groups -OCH3 is 2. The van der Waals surface area contributed by atoms with Crippen molar-refractivity contribution < 1.29 is 14.3 Å². The van der Waals surface area contributed by atoms with Gasteiger partial charge in [-0.25, -0.2) is 0 Å². The maximum absolute atomic E-state index is 11.6. The van der Waals surface area contributed by atoms with Crippen molar-refractivity contribution in [1.82, 2.24) is 0 Å². The van der Waals surface area contributed by atoms with Crippen molar-refractivity contribution in [3.8, 4) is 5.75 Å². The number of benzene rings is 1. The lowest BCUT2D eigenvalue weighted by Crippen LogP contribution is -2.05. The Morgan fingerprint density at radius 2 is 2.00 bits per heavy atom. The maximum atomic E-state index is 11.6. The van der Waals surface area contributed by atoms with Crippen LogP contribution in [-0.4, -0.2) is 26.6 Å². The van der Waals surface area contributed by atoms with Crippen molar-refractivity contribution in [2.45, 2.75) is 19.3 Å². The van der Waals surface area contributed by atoms with Gasteiger partial charge in [0, 0.05) is 32.1 Å². The number of hydrogen-bond acceptors (Lipinski definition) is 3. The predicted molar refractivity (Wildman–Crippen MR) is 62.8 cm³/mol. The first kappa shape index (κ1) is 12.7. The molecule has 1 rings (SSSR count). The van der Waals surface area contributed by atoms with Crippen molar-refractivity contribution in [2.75, 3.05) is 20.8 Å². The van der Waals surface area contributed by atoms with Gasteiger partial charge in [-0.3, -0.25) is 4.79 Å². The molecular formula is C13H18O3. The molecule has 0 unspecified atom stereocenters. The highest BCUT2D eigenvalue weighted by molar-refractivity contribution is 5.81. The second kappa shape index (κ2) is 7.01. The molecule has 0 atom stereocenters. The second-order valence-electron chi connectivity index (χ2n) is 3.62. The standard InChI is InChI=1S/C13H18O3/c1-15-9-5-7-12(14)10-11-6-3-4-8-13(11)16-2/h3-4,6,8H,5,7,9-10H2,1-2H3. The molecule has 16 heavy (non-hydrogen) atoms. The van der Waals surface area contributed by atoms with Gasteiger partial charge in [0.2, 0.25) is 0 Å². The average Bonchev–Trinajstić information content (AvgIpc) is 2.30. The summed E-state index contributed by atoms with van der Waals surface area (Å²) in [7, 11) is 3.26. The molecule has 3 heteroatoms. The molecule has 0 radical (unpaired) electrons. The zero-order valence-electron chi connectivity index (χ0n) is 9.86. The Labute approximate surface area is 96.4 Å². The fourth-order valence-electron chi connectivity index (χ4n) is 1.56. The summed E-state index contributed by atoms with van der Waals surface area (Å²) in [5, 5.41) is 0. The van der Waals surface area contributed by atoms with E-state index in [0.717, 1.165) is 17.7 Å². The van der Waals surface area contributed by atoms with Gasteiger partial charge in [-0.05, 0) is 12.5 Å². The minimum Gasteiger partial charge on any atom is -0.496 e. The van der Waals surface area contributed by atoms with Crippen LogP contribution < -0.4 is 4.74 Å². The molecule has 0 N–H and O–H groups in total. The number of hydrogen-bond donors (Lipinski definition) is 0. The normalized spacial score (nSPS) is 10.1. The van der Waals surface area contributed by atoms with Gasteiger partial charge >= 0.3 is 0 Å². The van der Waals surface area contributed by atoms with Gasteiger partial charge in [-0.2, -0.15) is 0 Å². The summed E-state index contributed by atoms with van der Waals surface area (Å²) in [6.07, 6.45) is 1.78. The number of ketones is 1. The molecule has 0 saturated carbocycles. The molecule has 1 aromatic carbocycles. The number of Topliss-reactive ketones (excluding diaryl/α,β-unsaturated/α-hetero) is 1. The minimum atomic E-state index is 0.224. The molecule has 0 amide bonds. The quantitative estimate of drug-likeness (QED) is 0.664. The first-order chi connectivity index (χ1) is 7.77. The van der Waals surface area contributed by atoms with Crippen LogP contribution in [0, 0.1) is 0 Å². The van der Waals surface area contributed by atoms with E-state index in [1.54, 1.807) is 14.2 Å². The van der Waals surface area contributed by atoms with Gasteiger partial charge in [-0.1, -0.05) is 18.2 Å². The van der Waals surface area contributed by atoms with Crippen LogP contribution in [0.2, 0.25) is 0 Å². The molecule has 3 nitrogen and oxygen atoms in total. The Morgan fingerprint density at radius 1 is 1.25 bits per heavy atom. The highest BCUT2D eigenvalue weighted by Crippen LogP contribution is 2.18. The molecule has 0 aliphatic heterocycles. The van der Waals surface area contributed by atoms with E-state index in [4.69, 9.17) is 9.47 Å². The van der Waals surface area contributed by atoms with Crippen LogP contribution in [0.1, 0.15) is 18.4 Å². The Bertz CT molecular complexity index is 334. The third-order valence-corrected chi connectivity index (χ3v) is 2.38. The van der Waals surface area contributed by atoms with Crippen molar-refractivity contribution in [3.63, 3.8) is 0 Å². The molecule has 0 heterocycles. The highest BCUT2D eigenvalue weighted by atomic mass is 16.5. The van der Waals surface area contributed by atoms with Crippen LogP contribution in [0.3, 0.4) is 0 Å². The molecule has 0 spiro atoms. The summed E-state index contributed by atoms with van der Waals surface area (Å²) >= 11 is 0. The van der Waals surface area contributed by atoms with Gasteiger partial charge in [0.1, 0.15) is 11.5 Å². The third-order valence-electron chi connectivity index (χ3n) is 2.38. The Kier molecular flexibility index (Phi) is 5.57. The fourth-order valence-corrected chi connectivity index (χ4v) is 1.56. The Balaban J connectivity index is 2.49. The van der Waals surface area contributed by atoms with E-state index in [1.165, 1.54) is 0 Å². The number of para-hydroxylation sites is 1. The molecule has 0 aliphatic rings. The van der Waals surface area contributed by atoms with Crippen LogP contribution >= 0.6 is 0 Å². The number of carbonyl (C=O) groups excluding carboxylic acids is 1. The summed E-state index contributed by atoms with van der Waals surface area (Å²) < 4.78 is 10.1. The molecule has 1 aromatic rings. The van der Waals surface area contributed by atoms with Gasteiger partial charge in [0.05, 0.1) is 7.11 Å². The monoisotopic (exact) mass is 222 g/mol. The highest BCUT2D eigenvalue weighted by Gasteiger charge is 2.07. The van der Waals surface area contributed by atoms with Gasteiger partial charge in [-0.15, -0.1) is 0 Å². The smallest absolute Gasteiger partial charge is 0.137 e. The lowest BCUT2D eigenvalue weighted by Gasteiger charge is -2.07. The molecule has 0 aromatic heterocycles. The predicted octanol–water partition coefficient (Wildman–Crippen LogP) is 2.23. The van der Waals surface area contributed by atoms with Gasteiger partial charge < -0.3 is 9.47 Å². The van der Waals surface area contributed by atoms with Crippen LogP contribution in [-0.2, 0) is 16.0 Å². The summed E-state index contributed by atoms with van der Waals surface area (Å²) in [5.41, 5.74) is 0.951. The van der Waals surface area contributed by atoms with Crippen LogP contribution in [0.15, 0.2) is 24.3 Å². The van der Waals surface area contributed by atoms with Gasteiger partial charge in [0.25, 0.3) is 0 Å². The number of ether oxygens (including phenoxy) is 2. The van der Waals surface area contributed by atoms with Crippen molar-refractivity contribution >= 4 is 5.78 Å². The topological polar surface area (TPSA) is 35.5 Å². The second-order valence-corrected chi connectivity index (χ2v) is 3.62. The van der Waals surface area contributed by atoms with Crippen molar-refractivity contribution in [2.24, 2.45) is 0 Å². The zero-order valence-corrected chi connectivity index (χ0v) is 9.86. The van der Waals surface area contributed by atoms with E-state index in [0.29, 0.717) is 19.4 Å². The molecular weight excluding hydrogens is 204 g/mol. The summed E-state index contributed by atoms with van der Waals surface area (Å²) in [6, 6.07) is 7.61. The zero-order chi connectivity index (χ0) is 11.8. The first-order valence-electron chi connectivity index (χ1n) is 5.40. The van der Waals surface area contributed by atoms with E-state index in [2.05, 4.69) is 0 Å². The number of carbonyl (C=O) groups is 1. The fraction of sp³-hybridized carbons (Fsp3) is 0.462. The van der Waals surface area contributed by atoms with E-state index in [-0.39, 0.29) is 5.78 Å². The molecule has 0 aliphatic carbocycles. The largest absolute Gasteiger partial charge is 0.496 e. The third kappa shape index (κ3) is 4.03. The van der Waals surface area contributed by atoms with E-state index >= 15 is 0 Å². The molecule has 0 bridgehead atoms. The number of rotatable bonds is 7. The lowest BCUT2D eigenvalue weighted by atomic mass is 10.1. The van der Waals surface area contributed by atoms with E-state index in [1.807, 2.05) is 24.3 Å². The van der Waals surface area contributed by atoms with Crippen LogP contribution in [0.25, 0.3) is 0 Å². The SMILES string of the molecule is COCCCC(=O)Cc1ccccc1OC. The van der Waals surface area contributed by atoms with Crippen LogP contribution in [0.4, 0.5) is 0 Å². The van der Waals surface area contributed by atoms with Crippen LogP contribution in [0.5, 0.6) is 5.75 Å².